The third kappa shape index (κ3) is 4.09. The summed E-state index contributed by atoms with van der Waals surface area (Å²) < 4.78 is 31.4. The summed E-state index contributed by atoms with van der Waals surface area (Å²) in [5, 5.41) is -0.171. The van der Waals surface area contributed by atoms with E-state index < -0.39 is 15.6 Å². The summed E-state index contributed by atoms with van der Waals surface area (Å²) in [4.78, 5) is 13.2. The molecule has 1 heterocycles. The van der Waals surface area contributed by atoms with Gasteiger partial charge in [-0.15, -0.1) is 0 Å². The van der Waals surface area contributed by atoms with E-state index in [-0.39, 0.29) is 22.6 Å². The third-order valence-electron chi connectivity index (χ3n) is 2.07. The maximum atomic E-state index is 11.9. The standard InChI is InChI=1S/C10H15ClN2O4S/c1-3-17-6-7(2)13-18(15,16)8-4-9(11)10(14)12-5-8/h4-5,7,13H,3,6H2,1-2H3,(H,12,14). The second-order valence-electron chi connectivity index (χ2n) is 3.69. The van der Waals surface area contributed by atoms with Crippen LogP contribution in [0.1, 0.15) is 13.8 Å². The van der Waals surface area contributed by atoms with Crippen LogP contribution in [0.15, 0.2) is 22.0 Å². The smallest absolute Gasteiger partial charge is 0.266 e. The Hall–Kier alpha value is -0.890. The van der Waals surface area contributed by atoms with E-state index in [1.165, 1.54) is 0 Å². The number of nitrogens with one attached hydrogen (secondary N) is 2. The van der Waals surface area contributed by atoms with E-state index in [1.54, 1.807) is 6.92 Å². The molecule has 0 aromatic carbocycles. The fourth-order valence-electron chi connectivity index (χ4n) is 1.25. The number of sulfonamides is 1. The number of H-pyrrole nitrogens is 1. The molecule has 8 heteroatoms. The minimum atomic E-state index is -3.71. The largest absolute Gasteiger partial charge is 0.380 e. The van der Waals surface area contributed by atoms with Gasteiger partial charge in [0, 0.05) is 18.8 Å². The predicted molar refractivity (Wildman–Crippen MR) is 68.3 cm³/mol. The zero-order valence-electron chi connectivity index (χ0n) is 10.1. The van der Waals surface area contributed by atoms with Gasteiger partial charge in [0.2, 0.25) is 10.0 Å². The van der Waals surface area contributed by atoms with Gasteiger partial charge in [0.25, 0.3) is 5.56 Å². The van der Waals surface area contributed by atoms with Crippen molar-refractivity contribution >= 4 is 21.6 Å². The highest BCUT2D eigenvalue weighted by molar-refractivity contribution is 7.89. The van der Waals surface area contributed by atoms with E-state index in [9.17, 15) is 13.2 Å². The van der Waals surface area contributed by atoms with Gasteiger partial charge in [-0.25, -0.2) is 13.1 Å². The van der Waals surface area contributed by atoms with Crippen molar-refractivity contribution in [3.63, 3.8) is 0 Å². The lowest BCUT2D eigenvalue weighted by Gasteiger charge is -2.13. The normalized spacial score (nSPS) is 13.5. The Morgan fingerprint density at radius 3 is 2.78 bits per heavy atom. The molecule has 0 aliphatic rings. The zero-order valence-corrected chi connectivity index (χ0v) is 11.6. The van der Waals surface area contributed by atoms with Crippen molar-refractivity contribution in [2.24, 2.45) is 0 Å². The SMILES string of the molecule is CCOCC(C)NS(=O)(=O)c1c[nH]c(=O)c(Cl)c1. The Morgan fingerprint density at radius 2 is 2.22 bits per heavy atom. The first kappa shape index (κ1) is 15.2. The molecule has 0 amide bonds. The fraction of sp³-hybridized carbons (Fsp3) is 0.500. The second kappa shape index (κ2) is 6.33. The summed E-state index contributed by atoms with van der Waals surface area (Å²) in [5.41, 5.74) is -0.530. The highest BCUT2D eigenvalue weighted by Gasteiger charge is 2.18. The van der Waals surface area contributed by atoms with Crippen LogP contribution in [0, 0.1) is 0 Å². The summed E-state index contributed by atoms with van der Waals surface area (Å²) in [7, 11) is -3.71. The summed E-state index contributed by atoms with van der Waals surface area (Å²) in [6.45, 7) is 4.28. The molecule has 2 N–H and O–H groups in total. The average molecular weight is 295 g/mol. The molecule has 1 atom stereocenters. The Morgan fingerprint density at radius 1 is 1.56 bits per heavy atom. The van der Waals surface area contributed by atoms with Crippen LogP contribution in [-0.2, 0) is 14.8 Å². The van der Waals surface area contributed by atoms with E-state index in [1.807, 2.05) is 6.92 Å². The van der Waals surface area contributed by atoms with Gasteiger partial charge in [0.1, 0.15) is 5.02 Å². The van der Waals surface area contributed by atoms with Crippen LogP contribution >= 0.6 is 11.6 Å². The molecule has 0 saturated heterocycles. The van der Waals surface area contributed by atoms with E-state index in [4.69, 9.17) is 16.3 Å². The number of ether oxygens (including phenoxy) is 1. The van der Waals surface area contributed by atoms with Gasteiger partial charge in [-0.05, 0) is 19.9 Å². The number of hydrogen-bond donors (Lipinski definition) is 2. The Kier molecular flexibility index (Phi) is 5.33. The van der Waals surface area contributed by atoms with Crippen LogP contribution in [0.25, 0.3) is 0 Å². The predicted octanol–water partition coefficient (Wildman–Crippen LogP) is 0.732. The maximum absolute atomic E-state index is 11.9. The molecule has 1 rings (SSSR count). The topological polar surface area (TPSA) is 88.3 Å². The van der Waals surface area contributed by atoms with E-state index in [0.717, 1.165) is 12.3 Å². The van der Waals surface area contributed by atoms with Crippen LogP contribution < -0.4 is 10.3 Å². The molecule has 1 aromatic rings. The average Bonchev–Trinajstić information content (AvgIpc) is 2.29. The molecular formula is C10H15ClN2O4S. The molecule has 18 heavy (non-hydrogen) atoms. The van der Waals surface area contributed by atoms with Crippen LogP contribution in [0.3, 0.4) is 0 Å². The van der Waals surface area contributed by atoms with Crippen molar-refractivity contribution in [3.05, 3.63) is 27.6 Å². The molecule has 1 aromatic heterocycles. The number of aromatic amines is 1. The summed E-state index contributed by atoms with van der Waals surface area (Å²) in [5.74, 6) is 0. The van der Waals surface area contributed by atoms with Crippen molar-refractivity contribution < 1.29 is 13.2 Å². The van der Waals surface area contributed by atoms with Gasteiger partial charge in [-0.2, -0.15) is 0 Å². The number of halogens is 1. The maximum Gasteiger partial charge on any atom is 0.266 e. The van der Waals surface area contributed by atoms with Gasteiger partial charge < -0.3 is 9.72 Å². The first-order valence-corrected chi connectivity index (χ1v) is 7.21. The lowest BCUT2D eigenvalue weighted by molar-refractivity contribution is 0.133. The van der Waals surface area contributed by atoms with Gasteiger partial charge in [-0.3, -0.25) is 4.79 Å². The molecule has 0 bridgehead atoms. The van der Waals surface area contributed by atoms with Crippen molar-refractivity contribution in [2.45, 2.75) is 24.8 Å². The number of hydrogen-bond acceptors (Lipinski definition) is 4. The van der Waals surface area contributed by atoms with Gasteiger partial charge >= 0.3 is 0 Å². The molecule has 1 unspecified atom stereocenters. The fourth-order valence-corrected chi connectivity index (χ4v) is 2.71. The minimum absolute atomic E-state index is 0.0875. The quantitative estimate of drug-likeness (QED) is 0.809. The van der Waals surface area contributed by atoms with E-state index in [2.05, 4.69) is 9.71 Å². The highest BCUT2D eigenvalue weighted by atomic mass is 35.5. The van der Waals surface area contributed by atoms with Crippen LogP contribution in [-0.4, -0.2) is 32.7 Å². The second-order valence-corrected chi connectivity index (χ2v) is 5.82. The lowest BCUT2D eigenvalue weighted by atomic mass is 10.4. The van der Waals surface area contributed by atoms with Crippen molar-refractivity contribution in [2.75, 3.05) is 13.2 Å². The molecule has 0 spiro atoms. The summed E-state index contributed by atoms with van der Waals surface area (Å²) in [6.07, 6.45) is 1.10. The highest BCUT2D eigenvalue weighted by Crippen LogP contribution is 2.10. The molecule has 6 nitrogen and oxygen atoms in total. The monoisotopic (exact) mass is 294 g/mol. The van der Waals surface area contributed by atoms with Gasteiger partial charge in [0.15, 0.2) is 0 Å². The number of pyridine rings is 1. The lowest BCUT2D eigenvalue weighted by Crippen LogP contribution is -2.36. The van der Waals surface area contributed by atoms with Gasteiger partial charge in [-0.1, -0.05) is 11.6 Å². The molecule has 0 saturated carbocycles. The number of rotatable bonds is 6. The molecule has 0 radical (unpaired) electrons. The Balaban J connectivity index is 2.86. The Bertz CT molecular complexity index is 555. The molecule has 0 fully saturated rings. The first-order chi connectivity index (χ1) is 8.36. The molecule has 0 aliphatic carbocycles. The summed E-state index contributed by atoms with van der Waals surface area (Å²) in [6, 6.07) is 0.733. The van der Waals surface area contributed by atoms with Crippen molar-refractivity contribution in [3.8, 4) is 0 Å². The molecule has 102 valence electrons. The summed E-state index contributed by atoms with van der Waals surface area (Å²) >= 11 is 5.58. The first-order valence-electron chi connectivity index (χ1n) is 5.35. The van der Waals surface area contributed by atoms with E-state index in [0.29, 0.717) is 6.61 Å². The van der Waals surface area contributed by atoms with Crippen LogP contribution in [0.4, 0.5) is 0 Å². The Labute approximate surface area is 110 Å². The van der Waals surface area contributed by atoms with E-state index >= 15 is 0 Å². The van der Waals surface area contributed by atoms with Crippen molar-refractivity contribution in [1.82, 2.24) is 9.71 Å². The van der Waals surface area contributed by atoms with Crippen molar-refractivity contribution in [1.29, 1.82) is 0 Å². The van der Waals surface area contributed by atoms with Crippen LogP contribution in [0.5, 0.6) is 0 Å². The third-order valence-corrected chi connectivity index (χ3v) is 3.92. The molecular weight excluding hydrogens is 280 g/mol. The van der Waals surface area contributed by atoms with Gasteiger partial charge in [0.05, 0.1) is 11.5 Å². The minimum Gasteiger partial charge on any atom is -0.380 e. The van der Waals surface area contributed by atoms with Crippen LogP contribution in [0.2, 0.25) is 5.02 Å². The zero-order chi connectivity index (χ0) is 13.8. The molecule has 0 aliphatic heterocycles. The number of aromatic nitrogens is 1.